The van der Waals surface area contributed by atoms with Gasteiger partial charge in [0.1, 0.15) is 5.75 Å². The van der Waals surface area contributed by atoms with Gasteiger partial charge in [-0.25, -0.2) is 0 Å². The van der Waals surface area contributed by atoms with Crippen molar-refractivity contribution in [2.45, 2.75) is 6.42 Å². The molecular formula is C15H22BrN3O2. The van der Waals surface area contributed by atoms with Crippen molar-refractivity contribution >= 4 is 21.8 Å². The number of halogens is 1. The maximum absolute atomic E-state index is 11.7. The first-order valence-electron chi connectivity index (χ1n) is 7.32. The van der Waals surface area contributed by atoms with E-state index in [2.05, 4.69) is 31.5 Å². The van der Waals surface area contributed by atoms with Crippen molar-refractivity contribution in [3.8, 4) is 5.75 Å². The number of piperazine rings is 1. The average Bonchev–Trinajstić information content (AvgIpc) is 2.51. The molecule has 1 aliphatic heterocycles. The van der Waals surface area contributed by atoms with Crippen molar-refractivity contribution in [3.63, 3.8) is 0 Å². The maximum Gasteiger partial charge on any atom is 0.257 e. The molecule has 1 saturated heterocycles. The van der Waals surface area contributed by atoms with Crippen LogP contribution in [0.15, 0.2) is 28.7 Å². The summed E-state index contributed by atoms with van der Waals surface area (Å²) in [7, 11) is 0. The number of nitrogens with zero attached hydrogens (tertiary/aromatic N) is 1. The Kier molecular flexibility index (Phi) is 6.99. The minimum atomic E-state index is -0.0738. The van der Waals surface area contributed by atoms with Gasteiger partial charge in [0.25, 0.3) is 5.91 Å². The van der Waals surface area contributed by atoms with Gasteiger partial charge in [0.05, 0.1) is 0 Å². The summed E-state index contributed by atoms with van der Waals surface area (Å²) < 4.78 is 6.38. The van der Waals surface area contributed by atoms with Crippen molar-refractivity contribution in [1.82, 2.24) is 15.5 Å². The number of rotatable bonds is 7. The van der Waals surface area contributed by atoms with Crippen LogP contribution in [-0.4, -0.2) is 56.7 Å². The third kappa shape index (κ3) is 6.46. The zero-order valence-corrected chi connectivity index (χ0v) is 13.7. The Labute approximate surface area is 134 Å². The Balaban J connectivity index is 1.55. The Bertz CT molecular complexity index is 450. The molecule has 1 aliphatic rings. The fraction of sp³-hybridized carbons (Fsp3) is 0.533. The minimum absolute atomic E-state index is 0.0596. The molecule has 0 bridgehead atoms. The predicted octanol–water partition coefficient (Wildman–Crippen LogP) is 1.24. The molecule has 0 radical (unpaired) electrons. The van der Waals surface area contributed by atoms with Crippen molar-refractivity contribution in [2.24, 2.45) is 0 Å². The van der Waals surface area contributed by atoms with Crippen LogP contribution in [0.3, 0.4) is 0 Å². The van der Waals surface area contributed by atoms with E-state index in [9.17, 15) is 4.79 Å². The number of carbonyl (C=O) groups excluding carboxylic acids is 1. The molecule has 2 rings (SSSR count). The van der Waals surface area contributed by atoms with Crippen LogP contribution in [0.5, 0.6) is 5.75 Å². The molecule has 21 heavy (non-hydrogen) atoms. The Morgan fingerprint density at radius 2 is 2.19 bits per heavy atom. The minimum Gasteiger partial charge on any atom is -0.484 e. The lowest BCUT2D eigenvalue weighted by Crippen LogP contribution is -2.44. The third-order valence-electron chi connectivity index (χ3n) is 3.35. The molecule has 2 N–H and O–H groups in total. The molecule has 0 saturated carbocycles. The predicted molar refractivity (Wildman–Crippen MR) is 86.6 cm³/mol. The van der Waals surface area contributed by atoms with Crippen LogP contribution < -0.4 is 15.4 Å². The molecule has 116 valence electrons. The third-order valence-corrected chi connectivity index (χ3v) is 3.84. The second-order valence-electron chi connectivity index (χ2n) is 5.04. The molecule has 1 aromatic rings. The van der Waals surface area contributed by atoms with Gasteiger partial charge in [0.2, 0.25) is 0 Å². The highest BCUT2D eigenvalue weighted by Crippen LogP contribution is 2.17. The largest absolute Gasteiger partial charge is 0.484 e. The zero-order chi connectivity index (χ0) is 14.9. The first kappa shape index (κ1) is 16.3. The summed E-state index contributed by atoms with van der Waals surface area (Å²) in [4.78, 5) is 14.1. The molecule has 1 amide bonds. The summed E-state index contributed by atoms with van der Waals surface area (Å²) in [5, 5.41) is 6.22. The molecule has 1 fully saturated rings. The Morgan fingerprint density at radius 1 is 1.38 bits per heavy atom. The van der Waals surface area contributed by atoms with Crippen LogP contribution in [0.2, 0.25) is 0 Å². The second kappa shape index (κ2) is 9.02. The van der Waals surface area contributed by atoms with Crippen LogP contribution in [0, 0.1) is 0 Å². The van der Waals surface area contributed by atoms with Crippen LogP contribution in [-0.2, 0) is 4.79 Å². The SMILES string of the molecule is O=C(COc1cccc(Br)c1)NCCCN1CCNCC1. The van der Waals surface area contributed by atoms with Gasteiger partial charge < -0.3 is 20.3 Å². The number of carbonyl (C=O) groups is 1. The highest BCUT2D eigenvalue weighted by atomic mass is 79.9. The molecule has 0 atom stereocenters. The molecule has 0 spiro atoms. The first-order valence-corrected chi connectivity index (χ1v) is 8.11. The molecule has 5 nitrogen and oxygen atoms in total. The first-order chi connectivity index (χ1) is 10.2. The van der Waals surface area contributed by atoms with Gasteiger partial charge in [-0.15, -0.1) is 0 Å². The van der Waals surface area contributed by atoms with Crippen molar-refractivity contribution in [1.29, 1.82) is 0 Å². The highest BCUT2D eigenvalue weighted by molar-refractivity contribution is 9.10. The monoisotopic (exact) mass is 355 g/mol. The molecule has 0 unspecified atom stereocenters. The number of hydrogen-bond donors (Lipinski definition) is 2. The quantitative estimate of drug-likeness (QED) is 0.722. The Hall–Kier alpha value is -1.11. The summed E-state index contributed by atoms with van der Waals surface area (Å²) in [6, 6.07) is 7.48. The fourth-order valence-corrected chi connectivity index (χ4v) is 2.60. The van der Waals surface area contributed by atoms with E-state index in [1.54, 1.807) is 0 Å². The van der Waals surface area contributed by atoms with Gasteiger partial charge in [0, 0.05) is 37.2 Å². The maximum atomic E-state index is 11.7. The summed E-state index contributed by atoms with van der Waals surface area (Å²) in [5.74, 6) is 0.621. The van der Waals surface area contributed by atoms with Gasteiger partial charge in [0.15, 0.2) is 6.61 Å². The van der Waals surface area contributed by atoms with Crippen molar-refractivity contribution < 1.29 is 9.53 Å². The van der Waals surface area contributed by atoms with Crippen LogP contribution in [0.1, 0.15) is 6.42 Å². The Morgan fingerprint density at radius 3 is 2.95 bits per heavy atom. The lowest BCUT2D eigenvalue weighted by molar-refractivity contribution is -0.123. The molecule has 0 aliphatic carbocycles. The molecule has 6 heteroatoms. The molecule has 1 heterocycles. The van der Waals surface area contributed by atoms with Crippen molar-refractivity contribution in [3.05, 3.63) is 28.7 Å². The lowest BCUT2D eigenvalue weighted by Gasteiger charge is -2.27. The second-order valence-corrected chi connectivity index (χ2v) is 5.96. The normalized spacial score (nSPS) is 15.7. The van der Waals surface area contributed by atoms with E-state index in [1.165, 1.54) is 0 Å². The number of nitrogens with one attached hydrogen (secondary N) is 2. The van der Waals surface area contributed by atoms with Crippen LogP contribution in [0.4, 0.5) is 0 Å². The van der Waals surface area contributed by atoms with Crippen LogP contribution in [0.25, 0.3) is 0 Å². The smallest absolute Gasteiger partial charge is 0.257 e. The summed E-state index contributed by atoms with van der Waals surface area (Å²) in [6.45, 7) is 6.11. The number of benzene rings is 1. The van der Waals surface area contributed by atoms with E-state index >= 15 is 0 Å². The fourth-order valence-electron chi connectivity index (χ4n) is 2.22. The number of amides is 1. The van der Waals surface area contributed by atoms with E-state index in [1.807, 2.05) is 24.3 Å². The van der Waals surface area contributed by atoms with E-state index in [4.69, 9.17) is 4.74 Å². The van der Waals surface area contributed by atoms with E-state index in [0.29, 0.717) is 12.3 Å². The van der Waals surface area contributed by atoms with E-state index in [-0.39, 0.29) is 12.5 Å². The van der Waals surface area contributed by atoms with Gasteiger partial charge in [-0.2, -0.15) is 0 Å². The summed E-state index contributed by atoms with van der Waals surface area (Å²) in [5.41, 5.74) is 0. The summed E-state index contributed by atoms with van der Waals surface area (Å²) >= 11 is 3.37. The number of hydrogen-bond acceptors (Lipinski definition) is 4. The standard InChI is InChI=1S/C15H22BrN3O2/c16-13-3-1-4-14(11-13)21-12-15(20)18-5-2-8-19-9-6-17-7-10-19/h1,3-4,11,17H,2,5-10,12H2,(H,18,20). The van der Waals surface area contributed by atoms with Gasteiger partial charge in [-0.1, -0.05) is 22.0 Å². The van der Waals surface area contributed by atoms with Gasteiger partial charge in [-0.3, -0.25) is 4.79 Å². The van der Waals surface area contributed by atoms with Crippen molar-refractivity contribution in [2.75, 3.05) is 45.9 Å². The topological polar surface area (TPSA) is 53.6 Å². The average molecular weight is 356 g/mol. The summed E-state index contributed by atoms with van der Waals surface area (Å²) in [6.07, 6.45) is 0.975. The zero-order valence-electron chi connectivity index (χ0n) is 12.1. The highest BCUT2D eigenvalue weighted by Gasteiger charge is 2.08. The number of ether oxygens (including phenoxy) is 1. The van der Waals surface area contributed by atoms with Crippen LogP contribution >= 0.6 is 15.9 Å². The van der Waals surface area contributed by atoms with Gasteiger partial charge >= 0.3 is 0 Å². The molecule has 0 aromatic heterocycles. The molecular weight excluding hydrogens is 334 g/mol. The molecule has 1 aromatic carbocycles. The van der Waals surface area contributed by atoms with Gasteiger partial charge in [-0.05, 0) is 31.2 Å². The van der Waals surface area contributed by atoms with E-state index in [0.717, 1.165) is 43.6 Å². The lowest BCUT2D eigenvalue weighted by atomic mass is 10.3. The van der Waals surface area contributed by atoms with E-state index < -0.39 is 0 Å².